The monoisotopic (exact) mass is 543 g/mol. The van der Waals surface area contributed by atoms with Gasteiger partial charge in [0.05, 0.1) is 16.9 Å². The Hall–Kier alpha value is -2.63. The van der Waals surface area contributed by atoms with E-state index in [1.807, 2.05) is 12.1 Å². The molecule has 2 bridgehead atoms. The van der Waals surface area contributed by atoms with Crippen molar-refractivity contribution in [3.8, 4) is 11.6 Å². The van der Waals surface area contributed by atoms with Crippen molar-refractivity contribution in [1.82, 2.24) is 19.1 Å². The molecule has 2 aliphatic carbocycles. The molecule has 0 spiro atoms. The Kier molecular flexibility index (Phi) is 7.21. The van der Waals surface area contributed by atoms with Crippen LogP contribution in [0.1, 0.15) is 44.2 Å². The van der Waals surface area contributed by atoms with Gasteiger partial charge in [-0.15, -0.1) is 10.2 Å². The maximum atomic E-state index is 12.9. The number of aromatic nitrogens is 3. The van der Waals surface area contributed by atoms with E-state index in [1.54, 1.807) is 25.3 Å². The fraction of sp³-hybridized carbons (Fsp3) is 0.500. The first-order valence-corrected chi connectivity index (χ1v) is 15.0. The van der Waals surface area contributed by atoms with Crippen LogP contribution >= 0.6 is 11.8 Å². The number of sulfonamides is 1. The smallest absolute Gasteiger partial charge is 0.242 e. The van der Waals surface area contributed by atoms with E-state index in [9.17, 15) is 13.2 Å². The van der Waals surface area contributed by atoms with Crippen LogP contribution in [-0.4, -0.2) is 53.2 Å². The number of nitrogens with one attached hydrogen (secondary N) is 1. The van der Waals surface area contributed by atoms with E-state index in [2.05, 4.69) is 27.0 Å². The van der Waals surface area contributed by atoms with Crippen LogP contribution in [-0.2, 0) is 14.8 Å². The normalized spacial score (nSPS) is 22.0. The third-order valence-corrected chi connectivity index (χ3v) is 10.7. The number of amides is 1. The molecule has 0 unspecified atom stereocenters. The molecule has 0 saturated heterocycles. The van der Waals surface area contributed by atoms with Crippen molar-refractivity contribution in [1.29, 1.82) is 0 Å². The molecule has 1 aromatic carbocycles. The zero-order chi connectivity index (χ0) is 26.3. The average Bonchev–Trinajstić information content (AvgIpc) is 3.67. The Bertz CT molecular complexity index is 1380. The molecular formula is C26H33N5O4S2. The Morgan fingerprint density at radius 3 is 2.70 bits per heavy atom. The van der Waals surface area contributed by atoms with Crippen molar-refractivity contribution < 1.29 is 17.6 Å². The number of rotatable bonds is 9. The lowest BCUT2D eigenvalue weighted by Crippen LogP contribution is -2.24. The van der Waals surface area contributed by atoms with E-state index in [0.717, 1.165) is 16.1 Å². The van der Waals surface area contributed by atoms with E-state index in [0.29, 0.717) is 33.9 Å². The Labute approximate surface area is 222 Å². The number of carbonyl (C=O) groups is 1. The lowest BCUT2D eigenvalue weighted by molar-refractivity contribution is -0.113. The number of carbonyl (C=O) groups excluding carboxylic acids is 1. The minimum Gasteiger partial charge on any atom is -0.461 e. The van der Waals surface area contributed by atoms with E-state index in [-0.39, 0.29) is 22.6 Å². The van der Waals surface area contributed by atoms with Crippen LogP contribution in [0.25, 0.3) is 11.6 Å². The first-order valence-electron chi connectivity index (χ1n) is 12.6. The summed E-state index contributed by atoms with van der Waals surface area (Å²) in [5.74, 6) is 3.31. The highest BCUT2D eigenvalue weighted by Crippen LogP contribution is 2.53. The summed E-state index contributed by atoms with van der Waals surface area (Å²) in [5, 5.41) is 12.4. The molecule has 3 aromatic rings. The number of anilines is 1. The largest absolute Gasteiger partial charge is 0.461 e. The summed E-state index contributed by atoms with van der Waals surface area (Å²) >= 11 is 1.33. The highest BCUT2D eigenvalue weighted by Gasteiger charge is 2.43. The van der Waals surface area contributed by atoms with Gasteiger partial charge in [-0.25, -0.2) is 12.7 Å². The van der Waals surface area contributed by atoms with Gasteiger partial charge in [0.25, 0.3) is 0 Å². The first kappa shape index (κ1) is 26.0. The molecule has 1 amide bonds. The molecule has 2 aliphatic rings. The van der Waals surface area contributed by atoms with Crippen LogP contribution in [0.4, 0.5) is 5.69 Å². The molecule has 0 aliphatic heterocycles. The van der Waals surface area contributed by atoms with E-state index >= 15 is 0 Å². The maximum absolute atomic E-state index is 12.9. The fourth-order valence-electron chi connectivity index (χ4n) is 5.87. The van der Waals surface area contributed by atoms with Crippen LogP contribution in [0.2, 0.25) is 0 Å². The number of fused-ring (bicyclic) bond motifs is 2. The number of nitrogens with zero attached hydrogens (tertiary/aromatic N) is 4. The summed E-state index contributed by atoms with van der Waals surface area (Å²) in [6.07, 6.45) is 6.77. The Morgan fingerprint density at radius 2 is 2.05 bits per heavy atom. The molecule has 11 heteroatoms. The van der Waals surface area contributed by atoms with Crippen molar-refractivity contribution in [3.63, 3.8) is 0 Å². The van der Waals surface area contributed by atoms with Crippen molar-refractivity contribution in [2.24, 2.45) is 17.8 Å². The molecule has 2 saturated carbocycles. The number of furan rings is 1. The lowest BCUT2D eigenvalue weighted by atomic mass is 9.84. The molecule has 9 nitrogen and oxygen atoms in total. The van der Waals surface area contributed by atoms with Gasteiger partial charge in [0.1, 0.15) is 0 Å². The van der Waals surface area contributed by atoms with Gasteiger partial charge in [0.15, 0.2) is 10.9 Å². The summed E-state index contributed by atoms with van der Waals surface area (Å²) in [6.45, 7) is 3.96. The standard InChI is InChI=1S/C26H33N5O4S2/c1-16-7-10-20(14-23(16)37(33,34)30(3)4)27-24(32)15-36-26-29-28-25(22-6-5-11-35-22)31(26)17(2)21-13-18-8-9-19(21)12-18/h5-7,10-11,14,17-19,21H,8-9,12-13,15H2,1-4H3,(H,27,32)/t17-,18-,19-,21-/m1/s1. The van der Waals surface area contributed by atoms with E-state index in [4.69, 9.17) is 4.42 Å². The van der Waals surface area contributed by atoms with Gasteiger partial charge >= 0.3 is 0 Å². The molecule has 2 aromatic heterocycles. The SMILES string of the molecule is Cc1ccc(NC(=O)CSc2nnc(-c3ccco3)n2[C@H](C)[C@H]2C[C@@H]3CC[C@@H]2C3)cc1S(=O)(=O)N(C)C. The second-order valence-corrected chi connectivity index (χ2v) is 13.4. The molecule has 1 N–H and O–H groups in total. The van der Waals surface area contributed by atoms with E-state index < -0.39 is 10.0 Å². The average molecular weight is 544 g/mol. The zero-order valence-electron chi connectivity index (χ0n) is 21.5. The highest BCUT2D eigenvalue weighted by atomic mass is 32.2. The maximum Gasteiger partial charge on any atom is 0.242 e. The van der Waals surface area contributed by atoms with Crippen molar-refractivity contribution in [2.45, 2.75) is 55.6 Å². The highest BCUT2D eigenvalue weighted by molar-refractivity contribution is 7.99. The summed E-state index contributed by atoms with van der Waals surface area (Å²) in [5.41, 5.74) is 1.05. The summed E-state index contributed by atoms with van der Waals surface area (Å²) < 4.78 is 34.2. The number of aryl methyl sites for hydroxylation is 1. The number of hydrogen-bond acceptors (Lipinski definition) is 7. The van der Waals surface area contributed by atoms with Gasteiger partial charge in [-0.2, -0.15) is 0 Å². The molecule has 37 heavy (non-hydrogen) atoms. The van der Waals surface area contributed by atoms with Gasteiger partial charge in [0, 0.05) is 25.8 Å². The van der Waals surface area contributed by atoms with Crippen molar-refractivity contribution in [3.05, 3.63) is 42.2 Å². The lowest BCUT2D eigenvalue weighted by Gasteiger charge is -2.30. The third kappa shape index (κ3) is 5.08. The second kappa shape index (κ2) is 10.3. The van der Waals surface area contributed by atoms with E-state index in [1.165, 1.54) is 57.6 Å². The van der Waals surface area contributed by atoms with Crippen LogP contribution < -0.4 is 5.32 Å². The Balaban J connectivity index is 1.33. The Morgan fingerprint density at radius 1 is 1.24 bits per heavy atom. The van der Waals surface area contributed by atoms with Crippen molar-refractivity contribution in [2.75, 3.05) is 25.2 Å². The minimum absolute atomic E-state index is 0.114. The molecule has 4 atom stereocenters. The van der Waals surface area contributed by atoms with Gasteiger partial charge in [-0.05, 0) is 80.7 Å². The molecule has 2 fully saturated rings. The van der Waals surface area contributed by atoms with Gasteiger partial charge in [-0.3, -0.25) is 9.36 Å². The summed E-state index contributed by atoms with van der Waals surface area (Å²) in [7, 11) is -0.646. The second-order valence-electron chi connectivity index (χ2n) is 10.3. The van der Waals surface area contributed by atoms with Gasteiger partial charge in [-0.1, -0.05) is 24.2 Å². The zero-order valence-corrected chi connectivity index (χ0v) is 23.2. The van der Waals surface area contributed by atoms with Crippen LogP contribution in [0, 0.1) is 24.7 Å². The van der Waals surface area contributed by atoms with Crippen LogP contribution in [0.5, 0.6) is 0 Å². The molecule has 0 radical (unpaired) electrons. The molecule has 2 heterocycles. The number of hydrogen-bond donors (Lipinski definition) is 1. The summed E-state index contributed by atoms with van der Waals surface area (Å²) in [6, 6.07) is 8.81. The first-order chi connectivity index (χ1) is 17.6. The number of thioether (sulfide) groups is 1. The fourth-order valence-corrected chi connectivity index (χ4v) is 7.84. The third-order valence-electron chi connectivity index (χ3n) is 7.79. The van der Waals surface area contributed by atoms with Crippen LogP contribution in [0.15, 0.2) is 51.1 Å². The molecule has 5 rings (SSSR count). The number of benzene rings is 1. The van der Waals surface area contributed by atoms with Crippen molar-refractivity contribution >= 4 is 33.4 Å². The molecular weight excluding hydrogens is 510 g/mol. The van der Waals surface area contributed by atoms with Gasteiger partial charge in [0.2, 0.25) is 21.8 Å². The van der Waals surface area contributed by atoms with Crippen LogP contribution in [0.3, 0.4) is 0 Å². The predicted molar refractivity (Wildman–Crippen MR) is 143 cm³/mol. The minimum atomic E-state index is -3.62. The quantitative estimate of drug-likeness (QED) is 0.385. The predicted octanol–water partition coefficient (Wildman–Crippen LogP) is 4.82. The van der Waals surface area contributed by atoms with Gasteiger partial charge < -0.3 is 9.73 Å². The molecule has 198 valence electrons. The summed E-state index contributed by atoms with van der Waals surface area (Å²) in [4.78, 5) is 13.0. The topological polar surface area (TPSA) is 110 Å².